The molecule has 0 aliphatic rings. The molecule has 1 N–H and O–H groups in total. The molecule has 0 fully saturated rings. The van der Waals surface area contributed by atoms with Crippen LogP contribution in [0.25, 0.3) is 11.0 Å². The Labute approximate surface area is 192 Å². The van der Waals surface area contributed by atoms with E-state index in [1.165, 1.54) is 18.2 Å². The van der Waals surface area contributed by atoms with Gasteiger partial charge < -0.3 is 14.4 Å². The van der Waals surface area contributed by atoms with Crippen molar-refractivity contribution in [3.8, 4) is 5.75 Å². The molecule has 3 aromatic rings. The first-order valence-electron chi connectivity index (χ1n) is 10.5. The maximum Gasteiger partial charge on any atom is 0.307 e. The van der Waals surface area contributed by atoms with Crippen molar-refractivity contribution >= 4 is 38.4 Å². The lowest BCUT2D eigenvalue weighted by Crippen LogP contribution is -2.12. The highest BCUT2D eigenvalue weighted by molar-refractivity contribution is 7.91. The van der Waals surface area contributed by atoms with Crippen molar-refractivity contribution in [2.45, 2.75) is 50.8 Å². The Morgan fingerprint density at radius 2 is 2.00 bits per heavy atom. The van der Waals surface area contributed by atoms with Gasteiger partial charge in [0.2, 0.25) is 0 Å². The maximum atomic E-state index is 12.7. The number of nitrogens with zero attached hydrogens (tertiary/aromatic N) is 1. The SMILES string of the molecule is CCCc1c(OCCCS(=O)(=O)c2ccc(CC(=O)O)cc2Cl)ccc2c(CC)noc12. The second kappa shape index (κ2) is 10.4. The van der Waals surface area contributed by atoms with Gasteiger partial charge in [-0.25, -0.2) is 8.42 Å². The number of carbonyl (C=O) groups is 1. The summed E-state index contributed by atoms with van der Waals surface area (Å²) >= 11 is 6.11. The van der Waals surface area contributed by atoms with Crippen molar-refractivity contribution in [2.24, 2.45) is 0 Å². The molecular weight excluding hydrogens is 454 g/mol. The first kappa shape index (κ1) is 24.1. The van der Waals surface area contributed by atoms with Crippen LogP contribution in [-0.2, 0) is 33.9 Å². The molecule has 0 unspecified atom stereocenters. The number of hydrogen-bond acceptors (Lipinski definition) is 6. The highest BCUT2D eigenvalue weighted by Gasteiger charge is 2.20. The Bertz CT molecular complexity index is 1220. The van der Waals surface area contributed by atoms with Crippen LogP contribution in [0.5, 0.6) is 5.75 Å². The van der Waals surface area contributed by atoms with Crippen molar-refractivity contribution in [1.82, 2.24) is 5.16 Å². The third-order valence-corrected chi connectivity index (χ3v) is 7.39. The Morgan fingerprint density at radius 3 is 2.66 bits per heavy atom. The number of ether oxygens (including phenoxy) is 1. The number of aryl methyl sites for hydroxylation is 2. The number of aromatic nitrogens is 1. The molecule has 1 heterocycles. The summed E-state index contributed by atoms with van der Waals surface area (Å²) in [6, 6.07) is 8.02. The smallest absolute Gasteiger partial charge is 0.307 e. The molecule has 0 amide bonds. The average Bonchev–Trinajstić information content (AvgIpc) is 3.15. The maximum absolute atomic E-state index is 12.7. The quantitative estimate of drug-likeness (QED) is 0.391. The molecule has 1 aromatic heterocycles. The fourth-order valence-corrected chi connectivity index (χ4v) is 5.50. The van der Waals surface area contributed by atoms with E-state index in [0.29, 0.717) is 11.3 Å². The highest BCUT2D eigenvalue weighted by Crippen LogP contribution is 2.32. The van der Waals surface area contributed by atoms with Crippen LogP contribution in [0.15, 0.2) is 39.8 Å². The molecule has 0 bridgehead atoms. The lowest BCUT2D eigenvalue weighted by Gasteiger charge is -2.12. The van der Waals surface area contributed by atoms with E-state index in [9.17, 15) is 13.2 Å². The van der Waals surface area contributed by atoms with E-state index in [1.807, 2.05) is 19.1 Å². The molecule has 32 heavy (non-hydrogen) atoms. The summed E-state index contributed by atoms with van der Waals surface area (Å²) in [5, 5.41) is 14.0. The van der Waals surface area contributed by atoms with E-state index in [1.54, 1.807) is 0 Å². The molecule has 172 valence electrons. The number of benzene rings is 2. The van der Waals surface area contributed by atoms with Gasteiger partial charge in [0.05, 0.1) is 34.4 Å². The van der Waals surface area contributed by atoms with E-state index in [4.69, 9.17) is 26.0 Å². The third kappa shape index (κ3) is 5.42. The van der Waals surface area contributed by atoms with Crippen molar-refractivity contribution < 1.29 is 27.6 Å². The topological polar surface area (TPSA) is 107 Å². The fourth-order valence-electron chi connectivity index (χ4n) is 3.59. The van der Waals surface area contributed by atoms with Gasteiger partial charge in [-0.05, 0) is 49.1 Å². The Balaban J connectivity index is 1.67. The zero-order valence-corrected chi connectivity index (χ0v) is 19.6. The minimum absolute atomic E-state index is 0.00449. The number of rotatable bonds is 11. The largest absolute Gasteiger partial charge is 0.493 e. The van der Waals surface area contributed by atoms with E-state index in [-0.39, 0.29) is 35.1 Å². The number of aliphatic carboxylic acids is 1. The standard InChI is InChI=1S/C23H26ClNO6S/c1-3-6-17-20(9-8-16-19(4-2)25-31-23(16)17)30-11-5-12-32(28,29)21-10-7-15(13-18(21)24)14-22(26)27/h7-10,13H,3-6,11-12,14H2,1-2H3,(H,26,27). The molecule has 0 saturated carbocycles. The van der Waals surface area contributed by atoms with Crippen LogP contribution >= 0.6 is 11.6 Å². The van der Waals surface area contributed by atoms with Crippen LogP contribution in [0.3, 0.4) is 0 Å². The molecule has 2 aromatic carbocycles. The van der Waals surface area contributed by atoms with Gasteiger partial charge >= 0.3 is 5.97 Å². The third-order valence-electron chi connectivity index (χ3n) is 5.11. The highest BCUT2D eigenvalue weighted by atomic mass is 35.5. The number of halogens is 1. The number of hydrogen-bond donors (Lipinski definition) is 1. The van der Waals surface area contributed by atoms with Crippen molar-refractivity contribution in [3.05, 3.63) is 52.2 Å². The van der Waals surface area contributed by atoms with E-state index in [0.717, 1.165) is 41.5 Å². The number of sulfone groups is 1. The summed E-state index contributed by atoms with van der Waals surface area (Å²) in [5.74, 6) is -0.476. The lowest BCUT2D eigenvalue weighted by molar-refractivity contribution is -0.136. The van der Waals surface area contributed by atoms with Gasteiger partial charge in [0, 0.05) is 10.9 Å². The summed E-state index contributed by atoms with van der Waals surface area (Å²) in [6.45, 7) is 4.30. The normalized spacial score (nSPS) is 11.7. The Kier molecular flexibility index (Phi) is 7.79. The van der Waals surface area contributed by atoms with Gasteiger partial charge in [0.25, 0.3) is 0 Å². The monoisotopic (exact) mass is 479 g/mol. The van der Waals surface area contributed by atoms with Crippen molar-refractivity contribution in [3.63, 3.8) is 0 Å². The van der Waals surface area contributed by atoms with Crippen molar-refractivity contribution in [1.29, 1.82) is 0 Å². The lowest BCUT2D eigenvalue weighted by atomic mass is 10.0. The van der Waals surface area contributed by atoms with Gasteiger partial charge in [-0.2, -0.15) is 0 Å². The van der Waals surface area contributed by atoms with Crippen LogP contribution in [-0.4, -0.2) is 37.0 Å². The predicted octanol–water partition coefficient (Wildman–Crippen LogP) is 4.87. The molecule has 0 radical (unpaired) electrons. The fraction of sp³-hybridized carbons (Fsp3) is 0.391. The van der Waals surface area contributed by atoms with Crippen LogP contribution in [0.2, 0.25) is 5.02 Å². The number of carboxylic acids is 1. The summed E-state index contributed by atoms with van der Waals surface area (Å²) in [6.07, 6.45) is 2.50. The zero-order chi connectivity index (χ0) is 23.3. The first-order chi connectivity index (χ1) is 15.3. The van der Waals surface area contributed by atoms with Gasteiger partial charge in [0.15, 0.2) is 15.4 Å². The first-order valence-corrected chi connectivity index (χ1v) is 12.6. The molecule has 0 spiro atoms. The summed E-state index contributed by atoms with van der Waals surface area (Å²) in [4.78, 5) is 10.8. The summed E-state index contributed by atoms with van der Waals surface area (Å²) < 4.78 is 36.9. The van der Waals surface area contributed by atoms with Gasteiger partial charge in [0.1, 0.15) is 5.75 Å². The minimum Gasteiger partial charge on any atom is -0.493 e. The minimum atomic E-state index is -3.63. The molecule has 0 aliphatic carbocycles. The molecule has 0 aliphatic heterocycles. The summed E-state index contributed by atoms with van der Waals surface area (Å²) in [7, 11) is -3.63. The molecule has 0 saturated heterocycles. The molecule has 3 rings (SSSR count). The van der Waals surface area contributed by atoms with Gasteiger partial charge in [-0.1, -0.05) is 43.1 Å². The molecule has 7 nitrogen and oxygen atoms in total. The van der Waals surface area contributed by atoms with Crippen LogP contribution in [0.4, 0.5) is 0 Å². The molecule has 0 atom stereocenters. The zero-order valence-electron chi connectivity index (χ0n) is 18.1. The summed E-state index contributed by atoms with van der Waals surface area (Å²) in [5.41, 5.74) is 3.02. The predicted molar refractivity (Wildman–Crippen MR) is 122 cm³/mol. The Morgan fingerprint density at radius 1 is 1.22 bits per heavy atom. The van der Waals surface area contributed by atoms with Crippen LogP contribution in [0, 0.1) is 0 Å². The van der Waals surface area contributed by atoms with E-state index in [2.05, 4.69) is 12.1 Å². The number of fused-ring (bicyclic) bond motifs is 1. The van der Waals surface area contributed by atoms with Gasteiger partial charge in [-0.15, -0.1) is 0 Å². The number of carboxylic acid groups (broad SMARTS) is 1. The molecule has 9 heteroatoms. The van der Waals surface area contributed by atoms with E-state index < -0.39 is 15.8 Å². The van der Waals surface area contributed by atoms with E-state index >= 15 is 0 Å². The van der Waals surface area contributed by atoms with Crippen LogP contribution < -0.4 is 4.74 Å². The Hall–Kier alpha value is -2.58. The molecular formula is C23H26ClNO6S. The van der Waals surface area contributed by atoms with Crippen LogP contribution in [0.1, 0.15) is 43.5 Å². The average molecular weight is 480 g/mol. The van der Waals surface area contributed by atoms with Crippen molar-refractivity contribution in [2.75, 3.05) is 12.4 Å². The van der Waals surface area contributed by atoms with Gasteiger partial charge in [-0.3, -0.25) is 4.79 Å². The second-order valence-corrected chi connectivity index (χ2v) is 9.99. The second-order valence-electron chi connectivity index (χ2n) is 7.51.